The second-order valence-corrected chi connectivity index (χ2v) is 9.39. The van der Waals surface area contributed by atoms with Gasteiger partial charge in [0.2, 0.25) is 5.17 Å². The Balaban J connectivity index is 1.38. The number of methoxy groups -OCH3 is 1. The highest BCUT2D eigenvalue weighted by Crippen LogP contribution is 2.32. The van der Waals surface area contributed by atoms with Crippen LogP contribution in [0.25, 0.3) is 6.08 Å². The predicted octanol–water partition coefficient (Wildman–Crippen LogP) is 5.70. The summed E-state index contributed by atoms with van der Waals surface area (Å²) < 4.78 is 17.2. The van der Waals surface area contributed by atoms with Gasteiger partial charge in [0, 0.05) is 0 Å². The van der Waals surface area contributed by atoms with Crippen LogP contribution in [0.4, 0.5) is 0 Å². The van der Waals surface area contributed by atoms with Crippen molar-refractivity contribution >= 4 is 39.8 Å². The number of hydrogen-bond acceptors (Lipinski definition) is 7. The van der Waals surface area contributed by atoms with Crippen LogP contribution in [0.2, 0.25) is 0 Å². The molecule has 2 heterocycles. The summed E-state index contributed by atoms with van der Waals surface area (Å²) in [6.45, 7) is 7.09. The zero-order valence-corrected chi connectivity index (χ0v) is 21.7. The minimum Gasteiger partial charge on any atom is -0.493 e. The molecule has 0 saturated carbocycles. The Kier molecular flexibility index (Phi) is 8.10. The molecular weight excluding hydrogens is 476 g/mol. The molecular formula is C27H30N4O4S. The molecule has 188 valence electrons. The van der Waals surface area contributed by atoms with Crippen molar-refractivity contribution in [3.8, 4) is 17.2 Å². The van der Waals surface area contributed by atoms with Gasteiger partial charge in [0.1, 0.15) is 24.0 Å². The first-order valence-corrected chi connectivity index (χ1v) is 12.8. The molecule has 8 nitrogen and oxygen atoms in total. The van der Waals surface area contributed by atoms with Gasteiger partial charge in [0.05, 0.1) is 12.7 Å². The maximum Gasteiger partial charge on any atom is 0.283 e. The van der Waals surface area contributed by atoms with Gasteiger partial charge >= 0.3 is 0 Å². The zero-order chi connectivity index (χ0) is 25.7. The van der Waals surface area contributed by atoms with Crippen molar-refractivity contribution in [3.05, 3.63) is 59.2 Å². The summed E-state index contributed by atoms with van der Waals surface area (Å²) >= 11 is 1.32. The molecule has 2 aromatic rings. The number of thioether (sulfide) groups is 1. The average Bonchev–Trinajstić information content (AvgIpc) is 3.32. The van der Waals surface area contributed by atoms with Crippen LogP contribution < -0.4 is 14.2 Å². The summed E-state index contributed by atoms with van der Waals surface area (Å²) in [5.74, 6) is 1.96. The van der Waals surface area contributed by atoms with E-state index in [1.54, 1.807) is 31.4 Å². The fourth-order valence-electron chi connectivity index (χ4n) is 3.67. The van der Waals surface area contributed by atoms with E-state index in [1.165, 1.54) is 22.3 Å². The Bertz CT molecular complexity index is 1240. The number of nitrogens with zero attached hydrogens (tertiary/aromatic N) is 3. The smallest absolute Gasteiger partial charge is 0.283 e. The number of ether oxygens (including phenoxy) is 3. The van der Waals surface area contributed by atoms with E-state index in [1.807, 2.05) is 19.1 Å². The van der Waals surface area contributed by atoms with Crippen LogP contribution in [-0.2, 0) is 4.79 Å². The molecule has 36 heavy (non-hydrogen) atoms. The lowest BCUT2D eigenvalue weighted by Crippen LogP contribution is -2.35. The standard InChI is InChI=1S/C27H30N4O4S/c1-5-17(3)19-8-10-20(11-9-19)34-13-14-35-22-12-7-18(16-23(22)33-4)15-21-25(28)31-27(29-26(21)32)36-24(6-2)30-31/h7-12,15-17,28H,5-6,13-14H2,1-4H3. The van der Waals surface area contributed by atoms with E-state index in [0.29, 0.717) is 41.4 Å². The van der Waals surface area contributed by atoms with Crippen molar-refractivity contribution < 1.29 is 19.0 Å². The van der Waals surface area contributed by atoms with E-state index >= 15 is 0 Å². The molecule has 0 saturated heterocycles. The summed E-state index contributed by atoms with van der Waals surface area (Å²) in [6, 6.07) is 13.5. The quantitative estimate of drug-likeness (QED) is 0.328. The van der Waals surface area contributed by atoms with Crippen molar-refractivity contribution in [2.45, 2.75) is 39.5 Å². The number of nitrogens with one attached hydrogen (secondary N) is 1. The van der Waals surface area contributed by atoms with E-state index in [9.17, 15) is 4.79 Å². The summed E-state index contributed by atoms with van der Waals surface area (Å²) in [7, 11) is 1.56. The number of amides is 1. The highest BCUT2D eigenvalue weighted by Gasteiger charge is 2.35. The molecule has 0 bridgehead atoms. The summed E-state index contributed by atoms with van der Waals surface area (Å²) in [6.07, 6.45) is 3.44. The Hall–Kier alpha value is -3.59. The van der Waals surface area contributed by atoms with E-state index < -0.39 is 5.91 Å². The van der Waals surface area contributed by atoms with Crippen LogP contribution in [-0.4, -0.2) is 47.3 Å². The van der Waals surface area contributed by atoms with Crippen molar-refractivity contribution in [2.24, 2.45) is 10.1 Å². The Morgan fingerprint density at radius 1 is 1.08 bits per heavy atom. The van der Waals surface area contributed by atoms with Gasteiger partial charge in [0.15, 0.2) is 17.3 Å². The predicted molar refractivity (Wildman–Crippen MR) is 144 cm³/mol. The normalized spacial score (nSPS) is 17.0. The van der Waals surface area contributed by atoms with E-state index in [2.05, 4.69) is 36.1 Å². The Morgan fingerprint density at radius 2 is 1.83 bits per heavy atom. The fourth-order valence-corrected chi connectivity index (χ4v) is 4.50. The Morgan fingerprint density at radius 3 is 2.53 bits per heavy atom. The number of fused-ring (bicyclic) bond motifs is 1. The third-order valence-electron chi connectivity index (χ3n) is 5.97. The highest BCUT2D eigenvalue weighted by atomic mass is 32.2. The first kappa shape index (κ1) is 25.5. The largest absolute Gasteiger partial charge is 0.493 e. The van der Waals surface area contributed by atoms with Gasteiger partial charge in [0.25, 0.3) is 5.91 Å². The number of hydrazone groups is 1. The number of carbonyl (C=O) groups excluding carboxylic acids is 1. The lowest BCUT2D eigenvalue weighted by Gasteiger charge is -2.20. The minimum absolute atomic E-state index is 0.00887. The first-order valence-electron chi connectivity index (χ1n) is 12.0. The van der Waals surface area contributed by atoms with Crippen LogP contribution in [0.1, 0.15) is 50.7 Å². The van der Waals surface area contributed by atoms with Crippen LogP contribution in [0.15, 0.2) is 58.1 Å². The van der Waals surface area contributed by atoms with Crippen LogP contribution in [0.3, 0.4) is 0 Å². The molecule has 2 aliphatic heterocycles. The molecule has 1 atom stereocenters. The van der Waals surface area contributed by atoms with E-state index in [4.69, 9.17) is 19.6 Å². The number of benzene rings is 2. The van der Waals surface area contributed by atoms with Crippen LogP contribution >= 0.6 is 11.8 Å². The molecule has 2 aromatic carbocycles. The molecule has 1 unspecified atom stereocenters. The lowest BCUT2D eigenvalue weighted by atomic mass is 9.99. The third-order valence-corrected chi connectivity index (χ3v) is 7.02. The average molecular weight is 507 g/mol. The second-order valence-electron chi connectivity index (χ2n) is 8.35. The number of hydrogen-bond donors (Lipinski definition) is 1. The zero-order valence-electron chi connectivity index (χ0n) is 20.9. The molecule has 4 rings (SSSR count). The van der Waals surface area contributed by atoms with Gasteiger partial charge in [-0.2, -0.15) is 15.1 Å². The van der Waals surface area contributed by atoms with Gasteiger partial charge in [-0.25, -0.2) is 0 Å². The maximum absolute atomic E-state index is 12.6. The molecule has 0 radical (unpaired) electrons. The van der Waals surface area contributed by atoms with Gasteiger partial charge in [-0.05, 0) is 72.0 Å². The fraction of sp³-hybridized carbons (Fsp3) is 0.333. The first-order chi connectivity index (χ1) is 17.4. The summed E-state index contributed by atoms with van der Waals surface area (Å²) in [5.41, 5.74) is 2.16. The van der Waals surface area contributed by atoms with Crippen molar-refractivity contribution in [1.29, 1.82) is 5.41 Å². The second kappa shape index (κ2) is 11.4. The number of aliphatic imine (C=N–C) groups is 1. The molecule has 0 aliphatic carbocycles. The summed E-state index contributed by atoms with van der Waals surface area (Å²) in [5, 5.41) is 15.5. The number of amidine groups is 2. The monoisotopic (exact) mass is 506 g/mol. The Labute approximate surface area is 215 Å². The molecule has 0 aromatic heterocycles. The van der Waals surface area contributed by atoms with Gasteiger partial charge in [-0.1, -0.05) is 39.0 Å². The van der Waals surface area contributed by atoms with Crippen LogP contribution in [0.5, 0.6) is 17.2 Å². The molecule has 1 amide bonds. The third kappa shape index (κ3) is 5.62. The van der Waals surface area contributed by atoms with Gasteiger partial charge in [-0.3, -0.25) is 10.2 Å². The summed E-state index contributed by atoms with van der Waals surface area (Å²) in [4.78, 5) is 16.7. The molecule has 2 aliphatic rings. The SMILES string of the molecule is CCC1=NN2C(=N)C(=Cc3ccc(OCCOc4ccc(C(C)CC)cc4)c(OC)c3)C(=O)N=C2S1. The topological polar surface area (TPSA) is 96.6 Å². The maximum atomic E-state index is 12.6. The molecule has 0 fully saturated rings. The van der Waals surface area contributed by atoms with E-state index in [-0.39, 0.29) is 11.4 Å². The van der Waals surface area contributed by atoms with Gasteiger partial charge in [-0.15, -0.1) is 0 Å². The van der Waals surface area contributed by atoms with Crippen molar-refractivity contribution in [2.75, 3.05) is 20.3 Å². The highest BCUT2D eigenvalue weighted by molar-refractivity contribution is 8.26. The molecule has 9 heteroatoms. The number of rotatable bonds is 10. The lowest BCUT2D eigenvalue weighted by molar-refractivity contribution is -0.114. The van der Waals surface area contributed by atoms with Gasteiger partial charge < -0.3 is 14.2 Å². The van der Waals surface area contributed by atoms with Crippen molar-refractivity contribution in [1.82, 2.24) is 5.01 Å². The number of carbonyl (C=O) groups is 1. The van der Waals surface area contributed by atoms with E-state index in [0.717, 1.165) is 23.6 Å². The van der Waals surface area contributed by atoms with Crippen molar-refractivity contribution in [3.63, 3.8) is 0 Å². The molecule has 1 N–H and O–H groups in total. The minimum atomic E-state index is -0.458. The van der Waals surface area contributed by atoms with Crippen LogP contribution in [0, 0.1) is 5.41 Å². The molecule has 0 spiro atoms.